The van der Waals surface area contributed by atoms with Gasteiger partial charge in [0, 0.05) is 17.8 Å². The van der Waals surface area contributed by atoms with Crippen molar-refractivity contribution in [2.45, 2.75) is 45.7 Å². The average molecular weight is 491 g/mol. The Balaban J connectivity index is 1.91. The van der Waals surface area contributed by atoms with Gasteiger partial charge >= 0.3 is 5.97 Å². The standard InChI is InChI=1S/C29H34N2O3S/c1-4-9-22-11-6-8-13-26(22)30-19-21-14-15-24(25(18-21)23-12-7-5-10-20(23)2)28(32)31-27(29(33)34)16-17-35-3/h5-8,10-15,18,27,30H,4,9,16-17,19H2,1-3H3,(H,31,32)(H,33,34). The highest BCUT2D eigenvalue weighted by Gasteiger charge is 2.22. The molecule has 1 atom stereocenters. The molecule has 3 aromatic carbocycles. The van der Waals surface area contributed by atoms with E-state index in [1.54, 1.807) is 17.8 Å². The smallest absolute Gasteiger partial charge is 0.326 e. The van der Waals surface area contributed by atoms with Crippen molar-refractivity contribution in [3.8, 4) is 11.1 Å². The van der Waals surface area contributed by atoms with Crippen molar-refractivity contribution in [1.82, 2.24) is 5.32 Å². The Kier molecular flexibility index (Phi) is 9.79. The summed E-state index contributed by atoms with van der Waals surface area (Å²) in [5.41, 5.74) is 6.74. The maximum Gasteiger partial charge on any atom is 0.326 e. The van der Waals surface area contributed by atoms with Gasteiger partial charge in [0.25, 0.3) is 5.91 Å². The van der Waals surface area contributed by atoms with E-state index in [1.807, 2.05) is 55.6 Å². The highest BCUT2D eigenvalue weighted by atomic mass is 32.2. The molecule has 0 heterocycles. The molecule has 0 aromatic heterocycles. The number of benzene rings is 3. The van der Waals surface area contributed by atoms with E-state index in [1.165, 1.54) is 5.56 Å². The molecule has 0 bridgehead atoms. The molecule has 3 rings (SSSR count). The summed E-state index contributed by atoms with van der Waals surface area (Å²) < 4.78 is 0. The van der Waals surface area contributed by atoms with Crippen LogP contribution in [0.25, 0.3) is 11.1 Å². The molecular formula is C29H34N2O3S. The van der Waals surface area contributed by atoms with Gasteiger partial charge in [0.2, 0.25) is 0 Å². The van der Waals surface area contributed by atoms with E-state index in [2.05, 4.69) is 35.8 Å². The zero-order chi connectivity index (χ0) is 25.2. The maximum absolute atomic E-state index is 13.2. The summed E-state index contributed by atoms with van der Waals surface area (Å²) in [5, 5.41) is 15.9. The van der Waals surface area contributed by atoms with Gasteiger partial charge in [0.1, 0.15) is 6.04 Å². The van der Waals surface area contributed by atoms with E-state index in [0.717, 1.165) is 40.8 Å². The first-order valence-electron chi connectivity index (χ1n) is 12.0. The Morgan fingerprint density at radius 1 is 1.00 bits per heavy atom. The molecule has 0 saturated heterocycles. The van der Waals surface area contributed by atoms with Gasteiger partial charge < -0.3 is 15.7 Å². The third kappa shape index (κ3) is 7.12. The molecular weight excluding hydrogens is 456 g/mol. The second kappa shape index (κ2) is 13.0. The fourth-order valence-corrected chi connectivity index (χ4v) is 4.58. The molecule has 0 radical (unpaired) electrons. The van der Waals surface area contributed by atoms with Crippen LogP contribution in [0.15, 0.2) is 66.7 Å². The summed E-state index contributed by atoms with van der Waals surface area (Å²) in [4.78, 5) is 24.9. The van der Waals surface area contributed by atoms with Crippen LogP contribution in [0.2, 0.25) is 0 Å². The fourth-order valence-electron chi connectivity index (χ4n) is 4.10. The van der Waals surface area contributed by atoms with E-state index in [9.17, 15) is 14.7 Å². The lowest BCUT2D eigenvalue weighted by Gasteiger charge is -2.18. The van der Waals surface area contributed by atoms with Crippen molar-refractivity contribution < 1.29 is 14.7 Å². The maximum atomic E-state index is 13.2. The summed E-state index contributed by atoms with van der Waals surface area (Å²) >= 11 is 1.56. The van der Waals surface area contributed by atoms with Gasteiger partial charge in [-0.2, -0.15) is 11.8 Å². The van der Waals surface area contributed by atoms with E-state index in [0.29, 0.717) is 24.3 Å². The van der Waals surface area contributed by atoms with Crippen molar-refractivity contribution in [3.63, 3.8) is 0 Å². The van der Waals surface area contributed by atoms with E-state index < -0.39 is 12.0 Å². The molecule has 6 heteroatoms. The highest BCUT2D eigenvalue weighted by molar-refractivity contribution is 7.98. The average Bonchev–Trinajstić information content (AvgIpc) is 2.86. The van der Waals surface area contributed by atoms with Gasteiger partial charge in [-0.3, -0.25) is 4.79 Å². The van der Waals surface area contributed by atoms with Crippen LogP contribution < -0.4 is 10.6 Å². The number of hydrogen-bond donors (Lipinski definition) is 3. The van der Waals surface area contributed by atoms with E-state index in [-0.39, 0.29) is 5.91 Å². The van der Waals surface area contributed by atoms with Crippen molar-refractivity contribution in [2.24, 2.45) is 0 Å². The van der Waals surface area contributed by atoms with Crippen molar-refractivity contribution in [1.29, 1.82) is 0 Å². The number of carbonyl (C=O) groups is 2. The number of hydrogen-bond acceptors (Lipinski definition) is 4. The van der Waals surface area contributed by atoms with Crippen molar-refractivity contribution in [3.05, 3.63) is 89.0 Å². The Hall–Kier alpha value is -3.25. The lowest BCUT2D eigenvalue weighted by molar-refractivity contribution is -0.139. The van der Waals surface area contributed by atoms with Gasteiger partial charge in [-0.15, -0.1) is 0 Å². The number of aliphatic carboxylic acids is 1. The van der Waals surface area contributed by atoms with Crippen LogP contribution in [-0.4, -0.2) is 35.0 Å². The first-order chi connectivity index (χ1) is 16.9. The molecule has 3 aromatic rings. The van der Waals surface area contributed by atoms with Gasteiger partial charge in [0.05, 0.1) is 0 Å². The minimum Gasteiger partial charge on any atom is -0.480 e. The number of carboxylic acids is 1. The third-order valence-corrected chi connectivity index (χ3v) is 6.64. The molecule has 0 spiro atoms. The normalized spacial score (nSPS) is 11.6. The van der Waals surface area contributed by atoms with E-state index in [4.69, 9.17) is 0 Å². The van der Waals surface area contributed by atoms with E-state index >= 15 is 0 Å². The molecule has 5 nitrogen and oxygen atoms in total. The lowest BCUT2D eigenvalue weighted by Crippen LogP contribution is -2.41. The highest BCUT2D eigenvalue weighted by Crippen LogP contribution is 2.29. The molecule has 0 aliphatic carbocycles. The fraction of sp³-hybridized carbons (Fsp3) is 0.310. The first kappa shape index (κ1) is 26.4. The van der Waals surface area contributed by atoms with Crippen LogP contribution in [0, 0.1) is 6.92 Å². The number of thioether (sulfide) groups is 1. The van der Waals surface area contributed by atoms with Gasteiger partial charge in [0.15, 0.2) is 0 Å². The minimum atomic E-state index is -1.02. The van der Waals surface area contributed by atoms with Crippen LogP contribution in [0.5, 0.6) is 0 Å². The van der Waals surface area contributed by atoms with Crippen LogP contribution in [-0.2, 0) is 17.8 Å². The number of carboxylic acid groups (broad SMARTS) is 1. The number of anilines is 1. The Morgan fingerprint density at radius 2 is 1.74 bits per heavy atom. The number of aryl methyl sites for hydroxylation is 2. The van der Waals surface area contributed by atoms with Crippen molar-refractivity contribution in [2.75, 3.05) is 17.3 Å². The second-order valence-corrected chi connectivity index (χ2v) is 9.59. The summed E-state index contributed by atoms with van der Waals surface area (Å²) in [6.45, 7) is 4.81. The summed E-state index contributed by atoms with van der Waals surface area (Å²) in [6.07, 6.45) is 4.39. The number of rotatable bonds is 12. The second-order valence-electron chi connectivity index (χ2n) is 8.60. The minimum absolute atomic E-state index is 0.371. The summed E-state index contributed by atoms with van der Waals surface area (Å²) in [7, 11) is 0. The third-order valence-electron chi connectivity index (χ3n) is 6.00. The predicted octanol–water partition coefficient (Wildman–Crippen LogP) is 6.16. The number of para-hydroxylation sites is 1. The van der Waals surface area contributed by atoms with Gasteiger partial charge in [-0.05, 0) is 77.8 Å². The first-order valence-corrected chi connectivity index (χ1v) is 13.4. The lowest BCUT2D eigenvalue weighted by atomic mass is 9.93. The Morgan fingerprint density at radius 3 is 2.46 bits per heavy atom. The SMILES string of the molecule is CCCc1ccccc1NCc1ccc(C(=O)NC(CCSC)C(=O)O)c(-c2ccccc2C)c1. The monoisotopic (exact) mass is 490 g/mol. The van der Waals surface area contributed by atoms with Gasteiger partial charge in [-0.25, -0.2) is 4.79 Å². The van der Waals surface area contributed by atoms with Crippen LogP contribution in [0.1, 0.15) is 46.8 Å². The number of nitrogens with one attached hydrogen (secondary N) is 2. The predicted molar refractivity (Wildman–Crippen MR) is 146 cm³/mol. The van der Waals surface area contributed by atoms with Crippen LogP contribution in [0.3, 0.4) is 0 Å². The molecule has 0 aliphatic heterocycles. The molecule has 3 N–H and O–H groups in total. The quantitative estimate of drug-likeness (QED) is 0.283. The van der Waals surface area contributed by atoms with Crippen LogP contribution >= 0.6 is 11.8 Å². The zero-order valence-corrected chi connectivity index (χ0v) is 21.5. The summed E-state index contributed by atoms with van der Waals surface area (Å²) in [6, 6.07) is 21.1. The molecule has 35 heavy (non-hydrogen) atoms. The molecule has 0 aliphatic rings. The largest absolute Gasteiger partial charge is 0.480 e. The number of carbonyl (C=O) groups excluding carboxylic acids is 1. The Labute approximate surface area is 212 Å². The zero-order valence-electron chi connectivity index (χ0n) is 20.6. The van der Waals surface area contributed by atoms with Crippen molar-refractivity contribution >= 4 is 29.3 Å². The number of amides is 1. The summed E-state index contributed by atoms with van der Waals surface area (Å²) in [5.74, 6) is -0.729. The van der Waals surface area contributed by atoms with Crippen LogP contribution in [0.4, 0.5) is 5.69 Å². The Bertz CT molecular complexity index is 1160. The molecule has 0 fully saturated rings. The molecule has 1 amide bonds. The topological polar surface area (TPSA) is 78.4 Å². The molecule has 1 unspecified atom stereocenters. The van der Waals surface area contributed by atoms with Gasteiger partial charge in [-0.1, -0.05) is 61.9 Å². The molecule has 0 saturated carbocycles. The molecule has 184 valence electrons.